The topological polar surface area (TPSA) is 16.1 Å². The molecule has 0 radical (unpaired) electrons. The van der Waals surface area contributed by atoms with Crippen molar-refractivity contribution in [3.05, 3.63) is 22.8 Å². The highest BCUT2D eigenvalue weighted by atomic mass is 79.9. The van der Waals surface area contributed by atoms with Gasteiger partial charge in [-0.1, -0.05) is 6.07 Å². The summed E-state index contributed by atoms with van der Waals surface area (Å²) in [6.45, 7) is -5.53. The number of nitrogens with zero attached hydrogens (tertiary/aromatic N) is 2. The lowest BCUT2D eigenvalue weighted by atomic mass is 10.5. The summed E-state index contributed by atoms with van der Waals surface area (Å²) in [7, 11) is 0. The first-order valence-corrected chi connectivity index (χ1v) is 3.34. The number of aromatic nitrogens is 1. The highest BCUT2D eigenvalue weighted by Crippen LogP contribution is 2.11. The second kappa shape index (κ2) is 3.01. The summed E-state index contributed by atoms with van der Waals surface area (Å²) in [6.07, 6.45) is 0. The van der Waals surface area contributed by atoms with Crippen LogP contribution in [0.5, 0.6) is 0 Å². The maximum absolute atomic E-state index is 7.20. The Balaban J connectivity index is 3.23. The van der Waals surface area contributed by atoms with Crippen molar-refractivity contribution >= 4 is 21.7 Å². The van der Waals surface area contributed by atoms with Crippen LogP contribution >= 0.6 is 15.9 Å². The molecule has 0 N–H and O–H groups in total. The van der Waals surface area contributed by atoms with Crippen LogP contribution in [0, 0.1) is 0 Å². The quantitative estimate of drug-likeness (QED) is 0.518. The Morgan fingerprint density at radius 3 is 3.00 bits per heavy atom. The Labute approximate surface area is 77.4 Å². The van der Waals surface area contributed by atoms with Crippen LogP contribution in [0.3, 0.4) is 0 Å². The van der Waals surface area contributed by atoms with E-state index in [0.717, 1.165) is 0 Å². The van der Waals surface area contributed by atoms with Gasteiger partial charge in [0.25, 0.3) is 0 Å². The fraction of sp³-hybridized carbons (Fsp3) is 0.286. The predicted molar refractivity (Wildman–Crippen MR) is 46.3 cm³/mol. The van der Waals surface area contributed by atoms with E-state index in [1.165, 1.54) is 12.1 Å². The SMILES string of the molecule is [2H][13C]([2H])([2H])N(c1cccc(Br)n1)[13C]([2H])([2H])[2H]. The van der Waals surface area contributed by atoms with E-state index in [9.17, 15) is 0 Å². The van der Waals surface area contributed by atoms with Crippen molar-refractivity contribution in [1.29, 1.82) is 0 Å². The number of rotatable bonds is 1. The lowest BCUT2D eigenvalue weighted by molar-refractivity contribution is 1.06. The van der Waals surface area contributed by atoms with E-state index < -0.39 is 14.0 Å². The molecule has 0 spiro atoms. The lowest BCUT2D eigenvalue weighted by Gasteiger charge is -2.09. The van der Waals surface area contributed by atoms with Gasteiger partial charge in [0.15, 0.2) is 0 Å². The normalized spacial score (nSPS) is 20.9. The fourth-order valence-electron chi connectivity index (χ4n) is 0.522. The van der Waals surface area contributed by atoms with Gasteiger partial charge in [-0.05, 0) is 28.1 Å². The number of anilines is 1. The van der Waals surface area contributed by atoms with Gasteiger partial charge in [0.1, 0.15) is 10.4 Å². The minimum atomic E-state index is -2.76. The number of hydrogen-bond acceptors (Lipinski definition) is 2. The van der Waals surface area contributed by atoms with Gasteiger partial charge < -0.3 is 4.90 Å². The third-order valence-electron chi connectivity index (χ3n) is 0.930. The molecule has 0 saturated heterocycles. The van der Waals surface area contributed by atoms with E-state index in [4.69, 9.17) is 8.22 Å². The van der Waals surface area contributed by atoms with Crippen LogP contribution < -0.4 is 4.90 Å². The van der Waals surface area contributed by atoms with E-state index in [1.54, 1.807) is 6.07 Å². The van der Waals surface area contributed by atoms with Crippen molar-refractivity contribution in [3.8, 4) is 0 Å². The van der Waals surface area contributed by atoms with Gasteiger partial charge in [0.2, 0.25) is 0 Å². The molecule has 0 fully saturated rings. The predicted octanol–water partition coefficient (Wildman–Crippen LogP) is 1.91. The third-order valence-corrected chi connectivity index (χ3v) is 1.37. The third kappa shape index (κ3) is 1.70. The summed E-state index contributed by atoms with van der Waals surface area (Å²) in [5.41, 5.74) is 0. The van der Waals surface area contributed by atoms with Crippen LogP contribution in [0.4, 0.5) is 5.82 Å². The molecule has 2 nitrogen and oxygen atoms in total. The Morgan fingerprint density at radius 1 is 1.60 bits per heavy atom. The van der Waals surface area contributed by atoms with Gasteiger partial charge in [0.05, 0.1) is 0 Å². The minimum Gasteiger partial charge on any atom is -0.363 e. The Bertz CT molecular complexity index is 360. The maximum Gasteiger partial charge on any atom is 0.129 e. The average Bonchev–Trinajstić information content (AvgIpc) is 1.97. The first-order chi connectivity index (χ1) is 7.12. The Morgan fingerprint density at radius 2 is 2.40 bits per heavy atom. The van der Waals surface area contributed by atoms with E-state index >= 15 is 0 Å². The molecule has 0 unspecified atom stereocenters. The van der Waals surface area contributed by atoms with E-state index in [0.29, 0.717) is 9.50 Å². The van der Waals surface area contributed by atoms with Crippen LogP contribution in [0.1, 0.15) is 8.22 Å². The lowest BCUT2D eigenvalue weighted by Crippen LogP contribution is -2.10. The zero-order valence-electron chi connectivity index (χ0n) is 11.0. The molecule has 1 aromatic rings. The summed E-state index contributed by atoms with van der Waals surface area (Å²) in [6, 6.07) is 4.45. The zero-order chi connectivity index (χ0) is 12.6. The summed E-state index contributed by atoms with van der Waals surface area (Å²) >= 11 is 3.06. The molecule has 1 rings (SSSR count). The van der Waals surface area contributed by atoms with Crippen LogP contribution in [-0.2, 0) is 0 Å². The number of hydrogen-bond donors (Lipinski definition) is 0. The Kier molecular flexibility index (Phi) is 0.848. The summed E-state index contributed by atoms with van der Waals surface area (Å²) in [4.78, 5) is 4.17. The van der Waals surface area contributed by atoms with Crippen molar-refractivity contribution in [2.24, 2.45) is 0 Å². The van der Waals surface area contributed by atoms with Crippen molar-refractivity contribution in [3.63, 3.8) is 0 Å². The molecule has 0 aliphatic rings. The van der Waals surface area contributed by atoms with Gasteiger partial charge in [0, 0.05) is 22.2 Å². The fourth-order valence-corrected chi connectivity index (χ4v) is 0.856. The Hall–Kier alpha value is -0.570. The van der Waals surface area contributed by atoms with Gasteiger partial charge >= 0.3 is 0 Å². The first-order valence-electron chi connectivity index (χ1n) is 5.55. The van der Waals surface area contributed by atoms with Crippen molar-refractivity contribution < 1.29 is 8.22 Å². The smallest absolute Gasteiger partial charge is 0.129 e. The highest BCUT2D eigenvalue weighted by Gasteiger charge is 1.94. The molecule has 0 bridgehead atoms. The molecular formula is C7H9BrN2. The molecule has 1 aromatic heterocycles. The zero-order valence-corrected chi connectivity index (χ0v) is 6.59. The van der Waals surface area contributed by atoms with Crippen LogP contribution in [0.15, 0.2) is 22.8 Å². The van der Waals surface area contributed by atoms with E-state index in [2.05, 4.69) is 20.9 Å². The molecule has 0 aromatic carbocycles. The first kappa shape index (κ1) is 2.81. The average molecular weight is 209 g/mol. The minimum absolute atomic E-state index is 0.116. The van der Waals surface area contributed by atoms with Gasteiger partial charge in [-0.15, -0.1) is 0 Å². The number of halogens is 1. The van der Waals surface area contributed by atoms with Crippen molar-refractivity contribution in [2.45, 2.75) is 0 Å². The maximum atomic E-state index is 7.20. The van der Waals surface area contributed by atoms with Gasteiger partial charge in [-0.25, -0.2) is 4.98 Å². The molecule has 0 aliphatic heterocycles. The molecule has 10 heavy (non-hydrogen) atoms. The molecule has 1 heterocycles. The van der Waals surface area contributed by atoms with Gasteiger partial charge in [-0.2, -0.15) is 0 Å². The molecule has 0 atom stereocenters. The van der Waals surface area contributed by atoms with Crippen LogP contribution in [0.25, 0.3) is 0 Å². The van der Waals surface area contributed by atoms with Gasteiger partial charge in [-0.3, -0.25) is 0 Å². The van der Waals surface area contributed by atoms with Crippen LogP contribution in [-0.4, -0.2) is 18.9 Å². The molecule has 0 saturated carbocycles. The molecule has 0 amide bonds. The molecule has 0 aliphatic carbocycles. The second-order valence-electron chi connectivity index (χ2n) is 1.65. The second-order valence-corrected chi connectivity index (χ2v) is 2.47. The van der Waals surface area contributed by atoms with E-state index in [-0.39, 0.29) is 5.82 Å². The molecular weight excluding hydrogens is 194 g/mol. The highest BCUT2D eigenvalue weighted by molar-refractivity contribution is 9.10. The van der Waals surface area contributed by atoms with E-state index in [1.807, 2.05) is 0 Å². The standard InChI is InChI=1S/C7H9BrN2/c1-10(2)7-5-3-4-6(8)9-7/h3-5H,1-2H3/i1+1D3,2+1D3. The molecule has 54 valence electrons. The summed E-state index contributed by atoms with van der Waals surface area (Å²) < 4.78 is 43.6. The number of pyridine rings is 1. The largest absolute Gasteiger partial charge is 0.363 e. The summed E-state index contributed by atoms with van der Waals surface area (Å²) in [5.74, 6) is -0.116. The van der Waals surface area contributed by atoms with Crippen molar-refractivity contribution in [2.75, 3.05) is 18.9 Å². The van der Waals surface area contributed by atoms with Crippen LogP contribution in [0.2, 0.25) is 0 Å². The summed E-state index contributed by atoms with van der Waals surface area (Å²) in [5, 5.41) is 0. The monoisotopic (exact) mass is 208 g/mol. The van der Waals surface area contributed by atoms with Crippen molar-refractivity contribution in [1.82, 2.24) is 4.98 Å². The molecule has 3 heteroatoms.